The molecule has 0 bridgehead atoms. The number of unbranched alkanes of at least 4 members (excludes halogenated alkanes) is 30. The number of aromatic hydroxyl groups is 1. The lowest BCUT2D eigenvalue weighted by Gasteiger charge is -2.12. The Bertz CT molecular complexity index is 717. The van der Waals surface area contributed by atoms with Crippen molar-refractivity contribution in [2.45, 2.75) is 239 Å². The van der Waals surface area contributed by atoms with Gasteiger partial charge < -0.3 is 15.3 Å². The predicted molar refractivity (Wildman–Crippen MR) is 213 cm³/mol. The van der Waals surface area contributed by atoms with E-state index in [4.69, 9.17) is 10.2 Å². The van der Waals surface area contributed by atoms with Gasteiger partial charge in [-0.3, -0.25) is 0 Å². The molecule has 3 heteroatoms. The molecule has 0 aromatic heterocycles. The molecule has 0 aliphatic carbocycles. The fraction of sp³-hybridized carbons (Fsp3) is 0.867. The molecule has 0 heterocycles. The molecule has 0 saturated heterocycles. The van der Waals surface area contributed by atoms with Crippen molar-refractivity contribution in [3.63, 3.8) is 0 Å². The summed E-state index contributed by atoms with van der Waals surface area (Å²) < 4.78 is 0. The molecule has 0 amide bonds. The standard InChI is InChI=1S/C27H48O2.C18H38O/c1-2-3-4-5-10-13-16-20-25-21-19-23-27(29)26(25)22-17-14-11-8-6-7-9-12-15-18-24-28;1-2-3-4-5-6-7-8-9-10-11-12-13-14-15-16-17-18-19/h19,21,23,28-29H,2-18,20,22,24H2,1H3;19H,2-18H2,1H3. The quantitative estimate of drug-likeness (QED) is 0.0621. The summed E-state index contributed by atoms with van der Waals surface area (Å²) in [5.41, 5.74) is 2.59. The van der Waals surface area contributed by atoms with Crippen LogP contribution in [-0.4, -0.2) is 28.5 Å². The average Bonchev–Trinajstić information content (AvgIpc) is 3.09. The monoisotopic (exact) mass is 675 g/mol. The van der Waals surface area contributed by atoms with E-state index in [1.54, 1.807) is 0 Å². The fourth-order valence-electron chi connectivity index (χ4n) is 6.90. The van der Waals surface area contributed by atoms with Gasteiger partial charge in [-0.2, -0.15) is 0 Å². The normalized spacial score (nSPS) is 11.2. The molecule has 0 aliphatic heterocycles. The number of aliphatic hydroxyl groups excluding tert-OH is 2. The molecular weight excluding hydrogens is 588 g/mol. The second-order valence-corrected chi connectivity index (χ2v) is 14.8. The fourth-order valence-corrected chi connectivity index (χ4v) is 6.90. The summed E-state index contributed by atoms with van der Waals surface area (Å²) in [6, 6.07) is 6.10. The number of phenols is 1. The van der Waals surface area contributed by atoms with Crippen LogP contribution in [0.25, 0.3) is 0 Å². The molecule has 1 rings (SSSR count). The molecule has 0 saturated carbocycles. The first-order chi connectivity index (χ1) is 23.7. The summed E-state index contributed by atoms with van der Waals surface area (Å²) in [6.45, 7) is 5.27. The lowest BCUT2D eigenvalue weighted by Crippen LogP contribution is -1.96. The van der Waals surface area contributed by atoms with Crippen LogP contribution in [0.2, 0.25) is 0 Å². The van der Waals surface area contributed by atoms with Crippen molar-refractivity contribution in [2.24, 2.45) is 0 Å². The zero-order valence-electron chi connectivity index (χ0n) is 32.7. The van der Waals surface area contributed by atoms with Gasteiger partial charge in [-0.15, -0.1) is 0 Å². The number of hydrogen-bond acceptors (Lipinski definition) is 3. The molecule has 3 nitrogen and oxygen atoms in total. The van der Waals surface area contributed by atoms with Crippen LogP contribution in [0.5, 0.6) is 5.75 Å². The predicted octanol–water partition coefficient (Wildman–Crippen LogP) is 14.4. The molecule has 0 spiro atoms. The van der Waals surface area contributed by atoms with Gasteiger partial charge in [0.05, 0.1) is 0 Å². The van der Waals surface area contributed by atoms with Gasteiger partial charge in [0.1, 0.15) is 5.75 Å². The van der Waals surface area contributed by atoms with Crippen molar-refractivity contribution < 1.29 is 15.3 Å². The summed E-state index contributed by atoms with van der Waals surface area (Å²) in [5.74, 6) is 0.508. The molecular formula is C45H86O3. The lowest BCUT2D eigenvalue weighted by atomic mass is 9.95. The zero-order valence-corrected chi connectivity index (χ0v) is 32.7. The Balaban J connectivity index is 0.00000101. The third kappa shape index (κ3) is 33.4. The SMILES string of the molecule is CCCCCCCCCCCCCCCCCCO.CCCCCCCCCc1cccc(O)c1CCCCCCCCCCCCO. The number of hydrogen-bond donors (Lipinski definition) is 3. The van der Waals surface area contributed by atoms with Crippen LogP contribution in [0.4, 0.5) is 0 Å². The van der Waals surface area contributed by atoms with E-state index in [0.717, 1.165) is 25.7 Å². The first kappa shape index (κ1) is 46.9. The summed E-state index contributed by atoms with van der Waals surface area (Å²) in [5, 5.41) is 27.8. The summed E-state index contributed by atoms with van der Waals surface area (Å²) in [4.78, 5) is 0. The Morgan fingerprint density at radius 1 is 0.354 bits per heavy atom. The van der Waals surface area contributed by atoms with E-state index >= 15 is 0 Å². The summed E-state index contributed by atoms with van der Waals surface area (Å²) >= 11 is 0. The van der Waals surface area contributed by atoms with Gasteiger partial charge >= 0.3 is 0 Å². The smallest absolute Gasteiger partial charge is 0.119 e. The van der Waals surface area contributed by atoms with E-state index in [1.807, 2.05) is 12.1 Å². The Kier molecular flexibility index (Phi) is 39.5. The van der Waals surface area contributed by atoms with Gasteiger partial charge in [0.25, 0.3) is 0 Å². The first-order valence-electron chi connectivity index (χ1n) is 21.7. The Hall–Kier alpha value is -1.06. The van der Waals surface area contributed by atoms with Gasteiger partial charge in [-0.1, -0.05) is 212 Å². The highest BCUT2D eigenvalue weighted by Crippen LogP contribution is 2.25. The van der Waals surface area contributed by atoms with Crippen molar-refractivity contribution >= 4 is 0 Å². The maximum atomic E-state index is 10.3. The van der Waals surface area contributed by atoms with Crippen molar-refractivity contribution in [1.29, 1.82) is 0 Å². The first-order valence-corrected chi connectivity index (χ1v) is 21.7. The van der Waals surface area contributed by atoms with E-state index in [9.17, 15) is 5.11 Å². The van der Waals surface area contributed by atoms with E-state index < -0.39 is 0 Å². The molecule has 0 radical (unpaired) electrons. The maximum absolute atomic E-state index is 10.3. The second kappa shape index (κ2) is 40.4. The Morgan fingerprint density at radius 2 is 0.646 bits per heavy atom. The van der Waals surface area contributed by atoms with Crippen LogP contribution >= 0.6 is 0 Å². The lowest BCUT2D eigenvalue weighted by molar-refractivity contribution is 0.282. The maximum Gasteiger partial charge on any atom is 0.119 e. The largest absolute Gasteiger partial charge is 0.508 e. The third-order valence-corrected chi connectivity index (χ3v) is 10.1. The van der Waals surface area contributed by atoms with Crippen molar-refractivity contribution in [3.05, 3.63) is 29.3 Å². The average molecular weight is 675 g/mol. The van der Waals surface area contributed by atoms with Gasteiger partial charge in [0, 0.05) is 13.2 Å². The summed E-state index contributed by atoms with van der Waals surface area (Å²) in [6.07, 6.45) is 46.2. The van der Waals surface area contributed by atoms with Crippen molar-refractivity contribution in [2.75, 3.05) is 13.2 Å². The summed E-state index contributed by atoms with van der Waals surface area (Å²) in [7, 11) is 0. The minimum absolute atomic E-state index is 0.345. The molecule has 1 aromatic carbocycles. The van der Waals surface area contributed by atoms with Crippen LogP contribution in [0.15, 0.2) is 18.2 Å². The van der Waals surface area contributed by atoms with Gasteiger partial charge in [-0.25, -0.2) is 0 Å². The molecule has 0 aliphatic rings. The molecule has 48 heavy (non-hydrogen) atoms. The molecule has 0 atom stereocenters. The second-order valence-electron chi connectivity index (χ2n) is 14.8. The number of phenolic OH excluding ortho intramolecular Hbond substituents is 1. The van der Waals surface area contributed by atoms with E-state index in [-0.39, 0.29) is 0 Å². The highest BCUT2D eigenvalue weighted by atomic mass is 16.3. The van der Waals surface area contributed by atoms with Gasteiger partial charge in [0.2, 0.25) is 0 Å². The minimum Gasteiger partial charge on any atom is -0.508 e. The van der Waals surface area contributed by atoms with Crippen LogP contribution in [0.3, 0.4) is 0 Å². The third-order valence-electron chi connectivity index (χ3n) is 10.1. The highest BCUT2D eigenvalue weighted by molar-refractivity contribution is 5.39. The zero-order chi connectivity index (χ0) is 35.0. The Morgan fingerprint density at radius 3 is 0.979 bits per heavy atom. The number of rotatable bonds is 36. The van der Waals surface area contributed by atoms with E-state index in [0.29, 0.717) is 19.0 Å². The van der Waals surface area contributed by atoms with Crippen LogP contribution in [-0.2, 0) is 12.8 Å². The van der Waals surface area contributed by atoms with Crippen LogP contribution in [0.1, 0.15) is 237 Å². The van der Waals surface area contributed by atoms with Crippen LogP contribution in [0, 0.1) is 0 Å². The number of aliphatic hydroxyl groups is 2. The minimum atomic E-state index is 0.345. The number of benzene rings is 1. The van der Waals surface area contributed by atoms with E-state index in [1.165, 1.54) is 210 Å². The molecule has 3 N–H and O–H groups in total. The van der Waals surface area contributed by atoms with Gasteiger partial charge in [-0.05, 0) is 55.7 Å². The molecule has 0 unspecified atom stereocenters. The van der Waals surface area contributed by atoms with E-state index in [2.05, 4.69) is 19.9 Å². The molecule has 284 valence electrons. The topological polar surface area (TPSA) is 60.7 Å². The highest BCUT2D eigenvalue weighted by Gasteiger charge is 2.08. The van der Waals surface area contributed by atoms with Crippen LogP contribution < -0.4 is 0 Å². The molecule has 0 fully saturated rings. The van der Waals surface area contributed by atoms with Crippen molar-refractivity contribution in [3.8, 4) is 5.75 Å². The molecule has 1 aromatic rings. The number of aryl methyl sites for hydroxylation is 1. The van der Waals surface area contributed by atoms with Crippen molar-refractivity contribution in [1.82, 2.24) is 0 Å². The Labute approximate surface area is 301 Å². The van der Waals surface area contributed by atoms with Gasteiger partial charge in [0.15, 0.2) is 0 Å².